The number of anilines is 1. The molecule has 0 spiro atoms. The van der Waals surface area contributed by atoms with Gasteiger partial charge in [0, 0.05) is 36.9 Å². The number of aryl methyl sites for hydroxylation is 1. The molecule has 142 valence electrons. The SMILES string of the molecule is CCc1ccc(C(=O)OCC(=O)N2CCN(c3cccc(Cl)c3)CC2)cc1. The van der Waals surface area contributed by atoms with Crippen molar-refractivity contribution in [2.75, 3.05) is 37.7 Å². The maximum Gasteiger partial charge on any atom is 0.338 e. The van der Waals surface area contributed by atoms with Crippen LogP contribution in [0.1, 0.15) is 22.8 Å². The molecule has 6 heteroatoms. The summed E-state index contributed by atoms with van der Waals surface area (Å²) in [4.78, 5) is 28.3. The normalized spacial score (nSPS) is 14.1. The Morgan fingerprint density at radius 3 is 2.37 bits per heavy atom. The minimum Gasteiger partial charge on any atom is -0.452 e. The number of hydrogen-bond donors (Lipinski definition) is 0. The molecule has 0 atom stereocenters. The molecule has 2 aromatic carbocycles. The zero-order valence-electron chi connectivity index (χ0n) is 15.4. The van der Waals surface area contributed by atoms with E-state index >= 15 is 0 Å². The summed E-state index contributed by atoms with van der Waals surface area (Å²) in [5, 5.41) is 0.699. The highest BCUT2D eigenvalue weighted by atomic mass is 35.5. The lowest BCUT2D eigenvalue weighted by Crippen LogP contribution is -2.49. The number of ether oxygens (including phenoxy) is 1. The monoisotopic (exact) mass is 386 g/mol. The predicted molar refractivity (Wildman–Crippen MR) is 106 cm³/mol. The van der Waals surface area contributed by atoms with Gasteiger partial charge in [0.25, 0.3) is 5.91 Å². The number of hydrogen-bond acceptors (Lipinski definition) is 4. The number of esters is 1. The topological polar surface area (TPSA) is 49.9 Å². The van der Waals surface area contributed by atoms with Gasteiger partial charge in [-0.1, -0.05) is 36.7 Å². The van der Waals surface area contributed by atoms with Gasteiger partial charge < -0.3 is 14.5 Å². The maximum atomic E-state index is 12.3. The molecule has 0 saturated carbocycles. The minimum absolute atomic E-state index is 0.167. The lowest BCUT2D eigenvalue weighted by Gasteiger charge is -2.36. The van der Waals surface area contributed by atoms with Gasteiger partial charge in [0.15, 0.2) is 6.61 Å². The highest BCUT2D eigenvalue weighted by molar-refractivity contribution is 6.30. The fourth-order valence-electron chi connectivity index (χ4n) is 3.07. The number of piperazine rings is 1. The molecule has 3 rings (SSSR count). The van der Waals surface area contributed by atoms with Crippen molar-refractivity contribution in [3.63, 3.8) is 0 Å². The van der Waals surface area contributed by atoms with Gasteiger partial charge in [-0.25, -0.2) is 4.79 Å². The van der Waals surface area contributed by atoms with Crippen molar-refractivity contribution in [2.45, 2.75) is 13.3 Å². The molecule has 0 aromatic heterocycles. The van der Waals surface area contributed by atoms with Crippen molar-refractivity contribution in [3.05, 3.63) is 64.7 Å². The molecule has 1 fully saturated rings. The van der Waals surface area contributed by atoms with E-state index in [1.807, 2.05) is 36.4 Å². The van der Waals surface area contributed by atoms with E-state index in [9.17, 15) is 9.59 Å². The van der Waals surface area contributed by atoms with E-state index in [2.05, 4.69) is 11.8 Å². The molecule has 1 saturated heterocycles. The van der Waals surface area contributed by atoms with Gasteiger partial charge in [-0.05, 0) is 42.3 Å². The van der Waals surface area contributed by atoms with Crippen molar-refractivity contribution in [1.82, 2.24) is 4.90 Å². The number of halogens is 1. The third kappa shape index (κ3) is 5.01. The summed E-state index contributed by atoms with van der Waals surface area (Å²) in [5.74, 6) is -0.636. The summed E-state index contributed by atoms with van der Waals surface area (Å²) in [6, 6.07) is 14.9. The molecule has 0 unspecified atom stereocenters. The maximum absolute atomic E-state index is 12.3. The van der Waals surface area contributed by atoms with Gasteiger partial charge in [-0.15, -0.1) is 0 Å². The molecule has 2 aromatic rings. The molecule has 1 aliphatic heterocycles. The second kappa shape index (κ2) is 8.91. The third-order valence-electron chi connectivity index (χ3n) is 4.73. The largest absolute Gasteiger partial charge is 0.452 e. The predicted octanol–water partition coefficient (Wildman–Crippen LogP) is 3.41. The minimum atomic E-state index is -0.469. The Labute approximate surface area is 164 Å². The first-order valence-corrected chi connectivity index (χ1v) is 9.49. The molecule has 0 N–H and O–H groups in total. The van der Waals surface area contributed by atoms with Crippen LogP contribution < -0.4 is 4.90 Å². The molecule has 1 amide bonds. The van der Waals surface area contributed by atoms with E-state index in [0.29, 0.717) is 23.7 Å². The molecular formula is C21H23ClN2O3. The van der Waals surface area contributed by atoms with Crippen LogP contribution in [0.5, 0.6) is 0 Å². The summed E-state index contributed by atoms with van der Waals surface area (Å²) >= 11 is 6.04. The molecule has 0 bridgehead atoms. The molecule has 0 aliphatic carbocycles. The fraction of sp³-hybridized carbons (Fsp3) is 0.333. The van der Waals surface area contributed by atoms with Crippen molar-refractivity contribution in [3.8, 4) is 0 Å². The van der Waals surface area contributed by atoms with Gasteiger partial charge in [0.1, 0.15) is 0 Å². The number of benzene rings is 2. The Bertz CT molecular complexity index is 799. The highest BCUT2D eigenvalue weighted by Crippen LogP contribution is 2.20. The van der Waals surface area contributed by atoms with Crippen LogP contribution in [0.2, 0.25) is 5.02 Å². The van der Waals surface area contributed by atoms with E-state index in [-0.39, 0.29) is 12.5 Å². The van der Waals surface area contributed by atoms with Gasteiger partial charge in [0.2, 0.25) is 0 Å². The van der Waals surface area contributed by atoms with E-state index < -0.39 is 5.97 Å². The lowest BCUT2D eigenvalue weighted by atomic mass is 10.1. The lowest BCUT2D eigenvalue weighted by molar-refractivity contribution is -0.134. The molecular weight excluding hydrogens is 364 g/mol. The van der Waals surface area contributed by atoms with Crippen LogP contribution in [0.3, 0.4) is 0 Å². The standard InChI is InChI=1S/C21H23ClN2O3/c1-2-16-6-8-17(9-7-16)21(26)27-15-20(25)24-12-10-23(11-13-24)19-5-3-4-18(22)14-19/h3-9,14H,2,10-13,15H2,1H3. The Morgan fingerprint density at radius 1 is 1.04 bits per heavy atom. The van der Waals surface area contributed by atoms with Crippen LogP contribution in [0.15, 0.2) is 48.5 Å². The summed E-state index contributed by atoms with van der Waals surface area (Å²) in [7, 11) is 0. The second-order valence-electron chi connectivity index (χ2n) is 6.47. The number of carbonyl (C=O) groups is 2. The van der Waals surface area contributed by atoms with Crippen LogP contribution in [0.4, 0.5) is 5.69 Å². The summed E-state index contributed by atoms with van der Waals surface area (Å²) in [5.41, 5.74) is 2.67. The first-order chi connectivity index (χ1) is 13.1. The first kappa shape index (κ1) is 19.2. The highest BCUT2D eigenvalue weighted by Gasteiger charge is 2.22. The summed E-state index contributed by atoms with van der Waals surface area (Å²) in [6.07, 6.45) is 0.912. The van der Waals surface area contributed by atoms with E-state index in [4.69, 9.17) is 16.3 Å². The van der Waals surface area contributed by atoms with E-state index in [0.717, 1.165) is 30.8 Å². The Kier molecular flexibility index (Phi) is 6.35. The van der Waals surface area contributed by atoms with Crippen molar-refractivity contribution in [2.24, 2.45) is 0 Å². The fourth-order valence-corrected chi connectivity index (χ4v) is 3.25. The zero-order chi connectivity index (χ0) is 19.2. The van der Waals surface area contributed by atoms with Crippen molar-refractivity contribution in [1.29, 1.82) is 0 Å². The molecule has 1 aliphatic rings. The summed E-state index contributed by atoms with van der Waals surface area (Å²) in [6.45, 7) is 4.45. The van der Waals surface area contributed by atoms with Gasteiger partial charge in [-0.3, -0.25) is 4.79 Å². The van der Waals surface area contributed by atoms with Gasteiger partial charge >= 0.3 is 5.97 Å². The second-order valence-corrected chi connectivity index (χ2v) is 6.91. The Balaban J connectivity index is 1.47. The van der Waals surface area contributed by atoms with Gasteiger partial charge in [-0.2, -0.15) is 0 Å². The average Bonchev–Trinajstić information content (AvgIpc) is 2.72. The van der Waals surface area contributed by atoms with Crippen molar-refractivity contribution >= 4 is 29.2 Å². The average molecular weight is 387 g/mol. The van der Waals surface area contributed by atoms with Crippen LogP contribution >= 0.6 is 11.6 Å². The van der Waals surface area contributed by atoms with E-state index in [1.54, 1.807) is 17.0 Å². The van der Waals surface area contributed by atoms with Crippen LogP contribution in [0, 0.1) is 0 Å². The number of carbonyl (C=O) groups excluding carboxylic acids is 2. The Morgan fingerprint density at radius 2 is 1.74 bits per heavy atom. The Hall–Kier alpha value is -2.53. The molecule has 0 radical (unpaired) electrons. The summed E-state index contributed by atoms with van der Waals surface area (Å²) < 4.78 is 5.18. The number of nitrogens with zero attached hydrogens (tertiary/aromatic N) is 2. The molecule has 5 nitrogen and oxygen atoms in total. The number of rotatable bonds is 5. The molecule has 27 heavy (non-hydrogen) atoms. The molecule has 1 heterocycles. The third-order valence-corrected chi connectivity index (χ3v) is 4.97. The smallest absolute Gasteiger partial charge is 0.338 e. The zero-order valence-corrected chi connectivity index (χ0v) is 16.1. The van der Waals surface area contributed by atoms with Crippen LogP contribution in [-0.4, -0.2) is 49.6 Å². The van der Waals surface area contributed by atoms with Crippen LogP contribution in [-0.2, 0) is 16.0 Å². The van der Waals surface area contributed by atoms with Gasteiger partial charge in [0.05, 0.1) is 5.56 Å². The van der Waals surface area contributed by atoms with Crippen molar-refractivity contribution < 1.29 is 14.3 Å². The number of amides is 1. The quantitative estimate of drug-likeness (QED) is 0.739. The van der Waals surface area contributed by atoms with E-state index in [1.165, 1.54) is 0 Å². The first-order valence-electron chi connectivity index (χ1n) is 9.11. The van der Waals surface area contributed by atoms with Crippen LogP contribution in [0.25, 0.3) is 0 Å².